The average Bonchev–Trinajstić information content (AvgIpc) is 3.00. The summed E-state index contributed by atoms with van der Waals surface area (Å²) in [5.41, 5.74) is 3.67. The Morgan fingerprint density at radius 2 is 1.86 bits per heavy atom. The van der Waals surface area contributed by atoms with Crippen LogP contribution in [-0.2, 0) is 0 Å². The van der Waals surface area contributed by atoms with E-state index in [0.717, 1.165) is 30.6 Å². The normalized spacial score (nSPS) is 44.0. The number of aliphatic hydroxyl groups is 1. The van der Waals surface area contributed by atoms with Gasteiger partial charge in [0.15, 0.2) is 0 Å². The first-order valence-corrected chi connectivity index (χ1v) is 12.0. The van der Waals surface area contributed by atoms with Crippen molar-refractivity contribution in [1.82, 2.24) is 0 Å². The van der Waals surface area contributed by atoms with Gasteiger partial charge in [0.2, 0.25) is 0 Å². The van der Waals surface area contributed by atoms with Crippen LogP contribution in [0.2, 0.25) is 0 Å². The Bertz CT molecular complexity index is 682. The van der Waals surface area contributed by atoms with E-state index in [4.69, 9.17) is 0 Å². The lowest BCUT2D eigenvalue weighted by Gasteiger charge is -2.56. The summed E-state index contributed by atoms with van der Waals surface area (Å²) in [6.07, 6.45) is 19.6. The zero-order chi connectivity index (χ0) is 20.1. The Labute approximate surface area is 173 Å². The van der Waals surface area contributed by atoms with Crippen LogP contribution in [0.1, 0.15) is 86.0 Å². The fraction of sp³-hybridized carbons (Fsp3) is 0.778. The van der Waals surface area contributed by atoms with Crippen LogP contribution in [0.4, 0.5) is 0 Å². The second kappa shape index (κ2) is 7.46. The van der Waals surface area contributed by atoms with E-state index in [1.54, 1.807) is 5.57 Å². The van der Waals surface area contributed by atoms with E-state index in [1.165, 1.54) is 44.1 Å². The molecule has 3 fully saturated rings. The molecule has 3 saturated carbocycles. The van der Waals surface area contributed by atoms with Gasteiger partial charge in [-0.25, -0.2) is 0 Å². The van der Waals surface area contributed by atoms with Crippen LogP contribution in [-0.4, -0.2) is 11.2 Å². The summed E-state index contributed by atoms with van der Waals surface area (Å²) in [4.78, 5) is 0. The van der Waals surface area contributed by atoms with Gasteiger partial charge in [-0.15, -0.1) is 0 Å². The van der Waals surface area contributed by atoms with Gasteiger partial charge in [0.25, 0.3) is 0 Å². The molecule has 1 unspecified atom stereocenters. The Morgan fingerprint density at radius 3 is 2.61 bits per heavy atom. The van der Waals surface area contributed by atoms with Crippen LogP contribution in [0, 0.1) is 40.4 Å². The van der Waals surface area contributed by atoms with Gasteiger partial charge >= 0.3 is 0 Å². The van der Waals surface area contributed by atoms with Gasteiger partial charge < -0.3 is 5.11 Å². The second-order valence-electron chi connectivity index (χ2n) is 11.3. The zero-order valence-electron chi connectivity index (χ0n) is 18.9. The standard InChI is InChI=1S/C27H42O/c1-18(2)8-6-9-19(3)22-14-15-23-21-13-12-20-10-7-11-25(28)27(20,5)24(21)16-17-26(22,23)4/h6,9,12-13,18-19,22-25,28H,7-8,10-11,14-17H2,1-5H3/b9-6+/t19-,22-,23+,24+,25?,26-,27+/m1/s1. The van der Waals surface area contributed by atoms with Gasteiger partial charge in [0.05, 0.1) is 6.10 Å². The van der Waals surface area contributed by atoms with Crippen LogP contribution in [0.3, 0.4) is 0 Å². The molecule has 0 bridgehead atoms. The molecule has 0 aliphatic heterocycles. The minimum atomic E-state index is -0.152. The van der Waals surface area contributed by atoms with Crippen molar-refractivity contribution in [1.29, 1.82) is 0 Å². The van der Waals surface area contributed by atoms with E-state index >= 15 is 0 Å². The fourth-order valence-electron chi connectivity index (χ4n) is 7.66. The highest BCUT2D eigenvalue weighted by atomic mass is 16.3. The summed E-state index contributed by atoms with van der Waals surface area (Å²) < 4.78 is 0. The molecule has 0 amide bonds. The van der Waals surface area contributed by atoms with Crippen molar-refractivity contribution in [2.75, 3.05) is 0 Å². The van der Waals surface area contributed by atoms with E-state index in [9.17, 15) is 5.11 Å². The Balaban J connectivity index is 1.59. The van der Waals surface area contributed by atoms with Crippen LogP contribution >= 0.6 is 0 Å². The van der Waals surface area contributed by atoms with Crippen molar-refractivity contribution in [3.05, 3.63) is 35.5 Å². The molecule has 7 atom stereocenters. The molecule has 0 aromatic rings. The molecule has 28 heavy (non-hydrogen) atoms. The first kappa shape index (κ1) is 20.5. The summed E-state index contributed by atoms with van der Waals surface area (Å²) >= 11 is 0. The lowest BCUT2D eigenvalue weighted by Crippen LogP contribution is -2.50. The minimum absolute atomic E-state index is 0.00450. The monoisotopic (exact) mass is 382 g/mol. The number of rotatable bonds is 4. The van der Waals surface area contributed by atoms with E-state index in [-0.39, 0.29) is 11.5 Å². The third kappa shape index (κ3) is 3.08. The first-order chi connectivity index (χ1) is 13.3. The lowest BCUT2D eigenvalue weighted by atomic mass is 9.49. The van der Waals surface area contributed by atoms with E-state index < -0.39 is 0 Å². The van der Waals surface area contributed by atoms with Crippen LogP contribution in [0.25, 0.3) is 0 Å². The molecule has 4 aliphatic rings. The summed E-state index contributed by atoms with van der Waals surface area (Å²) in [7, 11) is 0. The molecule has 0 radical (unpaired) electrons. The van der Waals surface area contributed by atoms with Crippen molar-refractivity contribution < 1.29 is 5.11 Å². The molecule has 0 saturated heterocycles. The number of hydrogen-bond acceptors (Lipinski definition) is 1. The number of fused-ring (bicyclic) bond motifs is 5. The third-order valence-electron chi connectivity index (χ3n) is 9.38. The molecular formula is C27H42O. The molecule has 0 heterocycles. The molecule has 1 N–H and O–H groups in total. The number of hydrogen-bond donors (Lipinski definition) is 1. The maximum atomic E-state index is 11.0. The van der Waals surface area contributed by atoms with Gasteiger partial charge in [0, 0.05) is 5.41 Å². The highest BCUT2D eigenvalue weighted by Gasteiger charge is 2.58. The summed E-state index contributed by atoms with van der Waals surface area (Å²) in [6.45, 7) is 12.0. The molecule has 0 aromatic carbocycles. The van der Waals surface area contributed by atoms with E-state index in [0.29, 0.717) is 17.3 Å². The number of allylic oxidation sites excluding steroid dienone is 5. The molecule has 156 valence electrons. The maximum absolute atomic E-state index is 11.0. The van der Waals surface area contributed by atoms with Gasteiger partial charge in [-0.3, -0.25) is 0 Å². The second-order valence-corrected chi connectivity index (χ2v) is 11.3. The highest BCUT2D eigenvalue weighted by molar-refractivity contribution is 5.39. The Hall–Kier alpha value is -0.820. The first-order valence-electron chi connectivity index (χ1n) is 12.0. The topological polar surface area (TPSA) is 20.2 Å². The summed E-state index contributed by atoms with van der Waals surface area (Å²) in [5.74, 6) is 3.53. The fourth-order valence-corrected chi connectivity index (χ4v) is 7.66. The molecule has 0 aromatic heterocycles. The average molecular weight is 383 g/mol. The van der Waals surface area contributed by atoms with Gasteiger partial charge in [0.1, 0.15) is 0 Å². The maximum Gasteiger partial charge on any atom is 0.0636 e. The van der Waals surface area contributed by atoms with Crippen molar-refractivity contribution in [3.8, 4) is 0 Å². The predicted molar refractivity (Wildman–Crippen MR) is 119 cm³/mol. The Morgan fingerprint density at radius 1 is 1.07 bits per heavy atom. The molecule has 0 spiro atoms. The van der Waals surface area contributed by atoms with Crippen LogP contribution < -0.4 is 0 Å². The van der Waals surface area contributed by atoms with Gasteiger partial charge in [-0.05, 0) is 86.4 Å². The van der Waals surface area contributed by atoms with Crippen molar-refractivity contribution in [2.24, 2.45) is 40.4 Å². The predicted octanol–water partition coefficient (Wildman–Crippen LogP) is 7.08. The summed E-state index contributed by atoms with van der Waals surface area (Å²) in [5, 5.41) is 11.0. The van der Waals surface area contributed by atoms with E-state index in [2.05, 4.69) is 58.9 Å². The molecular weight excluding hydrogens is 340 g/mol. The van der Waals surface area contributed by atoms with Crippen molar-refractivity contribution in [3.63, 3.8) is 0 Å². The van der Waals surface area contributed by atoms with Crippen LogP contribution in [0.5, 0.6) is 0 Å². The Kier molecular flexibility index (Phi) is 5.45. The number of aliphatic hydroxyl groups excluding tert-OH is 1. The highest BCUT2D eigenvalue weighted by Crippen LogP contribution is 2.65. The largest absolute Gasteiger partial charge is 0.392 e. The van der Waals surface area contributed by atoms with Crippen molar-refractivity contribution >= 4 is 0 Å². The van der Waals surface area contributed by atoms with Crippen LogP contribution in [0.15, 0.2) is 35.5 Å². The minimum Gasteiger partial charge on any atom is -0.392 e. The smallest absolute Gasteiger partial charge is 0.0636 e. The molecule has 4 aliphatic carbocycles. The van der Waals surface area contributed by atoms with E-state index in [1.807, 2.05) is 0 Å². The van der Waals surface area contributed by atoms with Gasteiger partial charge in [-0.1, -0.05) is 70.1 Å². The molecule has 1 nitrogen and oxygen atoms in total. The SMILES string of the molecule is CC(C)C/C=C/[C@@H](C)[C@H]1CC[C@H]2C3=CC=C4CCCC(O)[C@]4(C)[C@H]3CC[C@]12C. The lowest BCUT2D eigenvalue weighted by molar-refractivity contribution is -0.0229. The molecule has 4 rings (SSSR count). The summed E-state index contributed by atoms with van der Waals surface area (Å²) in [6, 6.07) is 0. The van der Waals surface area contributed by atoms with Crippen molar-refractivity contribution in [2.45, 2.75) is 92.1 Å². The zero-order valence-corrected chi connectivity index (χ0v) is 18.9. The third-order valence-corrected chi connectivity index (χ3v) is 9.38. The van der Waals surface area contributed by atoms with Gasteiger partial charge in [-0.2, -0.15) is 0 Å². The quantitative estimate of drug-likeness (QED) is 0.515. The molecule has 1 heteroatoms.